The molecule has 2 atom stereocenters. The molecule has 0 aromatic heterocycles. The van der Waals surface area contributed by atoms with E-state index in [9.17, 15) is 19.8 Å². The molecule has 0 unspecified atom stereocenters. The maximum Gasteiger partial charge on any atom is 0.384 e. The number of ether oxygens (including phenoxy) is 2. The highest BCUT2D eigenvalue weighted by Gasteiger charge is 2.39. The Morgan fingerprint density at radius 2 is 1.59 bits per heavy atom. The van der Waals surface area contributed by atoms with E-state index in [1.165, 1.54) is 57.8 Å². The Bertz CT molecular complexity index is 600. The first-order valence-corrected chi connectivity index (χ1v) is 10.6. The standard InChI is InChI=1S/C22H34O7/c1-2-3-4-5-6-7-8-9-10-11-12-13-14-15-18(24)28-16-17(23)21-19(25)20(26)22(27)29-21/h17,21,23,25-26H,2-13,16H2,1H3/t17-,21+/m0/s1. The number of unbranched alkanes of at least 4 members (excludes halogenated alkanes) is 11. The van der Waals surface area contributed by atoms with Gasteiger partial charge in [-0.05, 0) is 6.42 Å². The predicted molar refractivity (Wildman–Crippen MR) is 108 cm³/mol. The van der Waals surface area contributed by atoms with Crippen molar-refractivity contribution in [3.05, 3.63) is 11.5 Å². The van der Waals surface area contributed by atoms with Crippen molar-refractivity contribution in [1.82, 2.24) is 0 Å². The molecule has 0 amide bonds. The van der Waals surface area contributed by atoms with Crippen LogP contribution >= 0.6 is 0 Å². The Hall–Kier alpha value is -2.20. The smallest absolute Gasteiger partial charge is 0.384 e. The van der Waals surface area contributed by atoms with Gasteiger partial charge >= 0.3 is 11.9 Å². The summed E-state index contributed by atoms with van der Waals surface area (Å²) in [6.07, 6.45) is 11.4. The van der Waals surface area contributed by atoms with Crippen molar-refractivity contribution in [1.29, 1.82) is 0 Å². The van der Waals surface area contributed by atoms with Gasteiger partial charge in [0.25, 0.3) is 0 Å². The van der Waals surface area contributed by atoms with Gasteiger partial charge in [-0.1, -0.05) is 77.1 Å². The van der Waals surface area contributed by atoms with E-state index in [-0.39, 0.29) is 0 Å². The number of carbonyl (C=O) groups is 2. The minimum atomic E-state index is -1.49. The molecule has 29 heavy (non-hydrogen) atoms. The molecule has 0 fully saturated rings. The van der Waals surface area contributed by atoms with E-state index in [0.29, 0.717) is 6.42 Å². The Labute approximate surface area is 173 Å². The third kappa shape index (κ3) is 10.2. The van der Waals surface area contributed by atoms with Gasteiger partial charge in [0.1, 0.15) is 12.7 Å². The molecular weight excluding hydrogens is 376 g/mol. The molecule has 1 aliphatic heterocycles. The topological polar surface area (TPSA) is 113 Å². The van der Waals surface area contributed by atoms with Gasteiger partial charge in [-0.25, -0.2) is 9.59 Å². The van der Waals surface area contributed by atoms with Crippen LogP contribution in [0.2, 0.25) is 0 Å². The normalized spacial score (nSPS) is 16.9. The summed E-state index contributed by atoms with van der Waals surface area (Å²) in [6.45, 7) is 1.72. The fourth-order valence-electron chi connectivity index (χ4n) is 3.02. The van der Waals surface area contributed by atoms with Crippen LogP contribution in [0.3, 0.4) is 0 Å². The number of aliphatic hydroxyl groups excluding tert-OH is 3. The Kier molecular flexibility index (Phi) is 12.6. The van der Waals surface area contributed by atoms with Crippen molar-refractivity contribution in [2.75, 3.05) is 6.61 Å². The molecule has 164 valence electrons. The highest BCUT2D eigenvalue weighted by molar-refractivity contribution is 5.89. The second kappa shape index (κ2) is 14.7. The fourth-order valence-corrected chi connectivity index (χ4v) is 3.02. The summed E-state index contributed by atoms with van der Waals surface area (Å²) in [6, 6.07) is 0. The Balaban J connectivity index is 2.02. The molecule has 1 rings (SSSR count). The van der Waals surface area contributed by atoms with Crippen LogP contribution in [0.1, 0.15) is 84.0 Å². The maximum absolute atomic E-state index is 11.5. The van der Waals surface area contributed by atoms with Crippen LogP contribution in [0.15, 0.2) is 11.5 Å². The number of rotatable bonds is 14. The van der Waals surface area contributed by atoms with Gasteiger partial charge < -0.3 is 24.8 Å². The Morgan fingerprint density at radius 3 is 2.10 bits per heavy atom. The van der Waals surface area contributed by atoms with E-state index in [0.717, 1.165) is 12.8 Å². The summed E-state index contributed by atoms with van der Waals surface area (Å²) in [5.74, 6) is 1.42. The molecule has 0 aromatic carbocycles. The predicted octanol–water partition coefficient (Wildman–Crippen LogP) is 3.85. The molecule has 0 radical (unpaired) electrons. The van der Waals surface area contributed by atoms with Gasteiger partial charge in [-0.3, -0.25) is 0 Å². The fraction of sp³-hybridized carbons (Fsp3) is 0.727. The number of carbonyl (C=O) groups excluding carboxylic acids is 2. The summed E-state index contributed by atoms with van der Waals surface area (Å²) < 4.78 is 9.34. The van der Waals surface area contributed by atoms with Crippen molar-refractivity contribution in [3.8, 4) is 11.8 Å². The number of esters is 2. The molecule has 0 aromatic rings. The molecular formula is C22H34O7. The quantitative estimate of drug-likeness (QED) is 0.172. The number of hydrogen-bond donors (Lipinski definition) is 3. The van der Waals surface area contributed by atoms with Gasteiger partial charge in [-0.15, -0.1) is 0 Å². The van der Waals surface area contributed by atoms with Gasteiger partial charge in [0, 0.05) is 12.3 Å². The average molecular weight is 411 g/mol. The lowest BCUT2D eigenvalue weighted by Gasteiger charge is -2.16. The van der Waals surface area contributed by atoms with E-state index in [1.54, 1.807) is 0 Å². The summed E-state index contributed by atoms with van der Waals surface area (Å²) >= 11 is 0. The van der Waals surface area contributed by atoms with E-state index >= 15 is 0 Å². The van der Waals surface area contributed by atoms with Crippen LogP contribution in [-0.2, 0) is 19.1 Å². The summed E-state index contributed by atoms with van der Waals surface area (Å²) in [5.41, 5.74) is 0. The van der Waals surface area contributed by atoms with E-state index in [4.69, 9.17) is 9.84 Å². The molecule has 0 saturated heterocycles. The minimum absolute atomic E-state index is 0.513. The second-order valence-corrected chi connectivity index (χ2v) is 7.31. The van der Waals surface area contributed by atoms with E-state index in [2.05, 4.69) is 23.5 Å². The highest BCUT2D eigenvalue weighted by atomic mass is 16.6. The second-order valence-electron chi connectivity index (χ2n) is 7.31. The zero-order valence-corrected chi connectivity index (χ0v) is 17.3. The van der Waals surface area contributed by atoms with Gasteiger partial charge in [0.05, 0.1) is 0 Å². The van der Waals surface area contributed by atoms with E-state index < -0.39 is 42.3 Å². The Morgan fingerprint density at radius 1 is 1.03 bits per heavy atom. The number of cyclic esters (lactones) is 1. The van der Waals surface area contributed by atoms with Crippen molar-refractivity contribution in [2.24, 2.45) is 0 Å². The lowest BCUT2D eigenvalue weighted by Crippen LogP contribution is -2.33. The summed E-state index contributed by atoms with van der Waals surface area (Å²) in [5, 5.41) is 28.4. The molecule has 1 heterocycles. The van der Waals surface area contributed by atoms with Crippen LogP contribution in [0.5, 0.6) is 0 Å². The van der Waals surface area contributed by atoms with Crippen LogP contribution in [0.4, 0.5) is 0 Å². The minimum Gasteiger partial charge on any atom is -0.505 e. The molecule has 7 nitrogen and oxygen atoms in total. The molecule has 1 aliphatic rings. The van der Waals surface area contributed by atoms with Crippen LogP contribution in [-0.4, -0.2) is 46.1 Å². The summed E-state index contributed by atoms with van der Waals surface area (Å²) in [4.78, 5) is 22.6. The first kappa shape index (κ1) is 24.8. The molecule has 0 saturated carbocycles. The SMILES string of the molecule is CCCCCCCCCCCCCC#CC(=O)OC[C@H](O)[C@H]1OC(=O)C(O)=C1O. The zero-order chi connectivity index (χ0) is 21.5. The van der Waals surface area contributed by atoms with E-state index in [1.807, 2.05) is 0 Å². The van der Waals surface area contributed by atoms with Gasteiger partial charge in [0.2, 0.25) is 5.76 Å². The van der Waals surface area contributed by atoms with Crippen LogP contribution in [0.25, 0.3) is 0 Å². The first-order chi connectivity index (χ1) is 14.0. The van der Waals surface area contributed by atoms with Crippen molar-refractivity contribution in [2.45, 2.75) is 96.2 Å². The molecule has 0 aliphatic carbocycles. The van der Waals surface area contributed by atoms with Crippen LogP contribution in [0, 0.1) is 11.8 Å². The maximum atomic E-state index is 11.5. The molecule has 7 heteroatoms. The van der Waals surface area contributed by atoms with Crippen LogP contribution < -0.4 is 0 Å². The molecule has 0 bridgehead atoms. The largest absolute Gasteiger partial charge is 0.505 e. The van der Waals surface area contributed by atoms with Crippen molar-refractivity contribution in [3.63, 3.8) is 0 Å². The third-order valence-corrected chi connectivity index (χ3v) is 4.77. The molecule has 3 N–H and O–H groups in total. The third-order valence-electron chi connectivity index (χ3n) is 4.77. The lowest BCUT2D eigenvalue weighted by atomic mass is 10.1. The number of hydrogen-bond acceptors (Lipinski definition) is 7. The average Bonchev–Trinajstić information content (AvgIpc) is 2.97. The lowest BCUT2D eigenvalue weighted by molar-refractivity contribution is -0.151. The van der Waals surface area contributed by atoms with Crippen molar-refractivity contribution < 1.29 is 34.4 Å². The van der Waals surface area contributed by atoms with Crippen molar-refractivity contribution >= 4 is 11.9 Å². The zero-order valence-electron chi connectivity index (χ0n) is 17.3. The van der Waals surface area contributed by atoms with Gasteiger partial charge in [-0.2, -0.15) is 0 Å². The number of aliphatic hydroxyl groups is 3. The first-order valence-electron chi connectivity index (χ1n) is 10.6. The monoisotopic (exact) mass is 410 g/mol. The summed E-state index contributed by atoms with van der Waals surface area (Å²) in [7, 11) is 0. The molecule has 0 spiro atoms. The highest BCUT2D eigenvalue weighted by Crippen LogP contribution is 2.21. The van der Waals surface area contributed by atoms with Gasteiger partial charge in [0.15, 0.2) is 11.9 Å².